The summed E-state index contributed by atoms with van der Waals surface area (Å²) in [5, 5.41) is 6.00. The Morgan fingerprint density at radius 2 is 2.00 bits per heavy atom. The minimum absolute atomic E-state index is 0.0910. The zero-order valence-corrected chi connectivity index (χ0v) is 14.5. The van der Waals surface area contributed by atoms with Crippen molar-refractivity contribution in [3.05, 3.63) is 47.4 Å². The van der Waals surface area contributed by atoms with Crippen LogP contribution in [0.4, 0.5) is 11.4 Å². The summed E-state index contributed by atoms with van der Waals surface area (Å²) in [5.74, 6) is -0.00355. The normalized spacial score (nSPS) is 11.8. The first-order valence-electron chi connectivity index (χ1n) is 7.93. The quantitative estimate of drug-likeness (QED) is 0.743. The Kier molecular flexibility index (Phi) is 6.44. The van der Waals surface area contributed by atoms with E-state index in [1.165, 1.54) is 6.26 Å². The molecule has 1 aromatic carbocycles. The SMILES string of the molecule is CCCC(C)CC(=O)Nc1ccc(Cl)cc1NC(=O)c1ccco1. The fraction of sp³-hybridized carbons (Fsp3) is 0.333. The van der Waals surface area contributed by atoms with Gasteiger partial charge in [-0.05, 0) is 36.2 Å². The number of furan rings is 1. The van der Waals surface area contributed by atoms with E-state index in [0.29, 0.717) is 28.7 Å². The maximum atomic E-state index is 12.2. The summed E-state index contributed by atoms with van der Waals surface area (Å²) in [5.41, 5.74) is 0.938. The van der Waals surface area contributed by atoms with Crippen LogP contribution in [0.1, 0.15) is 43.7 Å². The molecule has 0 aliphatic rings. The van der Waals surface area contributed by atoms with Crippen LogP contribution in [0, 0.1) is 5.92 Å². The van der Waals surface area contributed by atoms with Crippen LogP contribution in [0.5, 0.6) is 0 Å². The summed E-state index contributed by atoms with van der Waals surface area (Å²) >= 11 is 6.00. The van der Waals surface area contributed by atoms with E-state index in [2.05, 4.69) is 17.6 Å². The number of nitrogens with one attached hydrogen (secondary N) is 2. The molecule has 2 amide bonds. The van der Waals surface area contributed by atoms with Crippen LogP contribution in [0.15, 0.2) is 41.0 Å². The molecular weight excluding hydrogens is 328 g/mol. The molecule has 0 aliphatic heterocycles. The molecule has 0 radical (unpaired) electrons. The molecular formula is C18H21ClN2O3. The van der Waals surface area contributed by atoms with Gasteiger partial charge in [-0.3, -0.25) is 9.59 Å². The fourth-order valence-corrected chi connectivity index (χ4v) is 2.61. The predicted molar refractivity (Wildman–Crippen MR) is 95.4 cm³/mol. The first kappa shape index (κ1) is 18.1. The van der Waals surface area contributed by atoms with Gasteiger partial charge in [-0.1, -0.05) is 38.3 Å². The molecule has 2 rings (SSSR count). The van der Waals surface area contributed by atoms with Crippen LogP contribution in [0.25, 0.3) is 0 Å². The van der Waals surface area contributed by atoms with Crippen LogP contribution in [0.3, 0.4) is 0 Å². The van der Waals surface area contributed by atoms with Gasteiger partial charge in [-0.15, -0.1) is 0 Å². The zero-order chi connectivity index (χ0) is 17.5. The Balaban J connectivity index is 2.09. The highest BCUT2D eigenvalue weighted by molar-refractivity contribution is 6.31. The lowest BCUT2D eigenvalue weighted by Gasteiger charge is -2.14. The maximum Gasteiger partial charge on any atom is 0.291 e. The third-order valence-electron chi connectivity index (χ3n) is 3.56. The monoisotopic (exact) mass is 348 g/mol. The van der Waals surface area contributed by atoms with Crippen molar-refractivity contribution in [1.29, 1.82) is 0 Å². The van der Waals surface area contributed by atoms with E-state index in [9.17, 15) is 9.59 Å². The second-order valence-electron chi connectivity index (χ2n) is 5.77. The van der Waals surface area contributed by atoms with Crippen LogP contribution < -0.4 is 10.6 Å². The van der Waals surface area contributed by atoms with Gasteiger partial charge in [0.1, 0.15) is 0 Å². The van der Waals surface area contributed by atoms with E-state index in [1.54, 1.807) is 30.3 Å². The number of amides is 2. The Morgan fingerprint density at radius 1 is 1.21 bits per heavy atom. The van der Waals surface area contributed by atoms with Crippen LogP contribution >= 0.6 is 11.6 Å². The van der Waals surface area contributed by atoms with E-state index < -0.39 is 5.91 Å². The molecule has 24 heavy (non-hydrogen) atoms. The third-order valence-corrected chi connectivity index (χ3v) is 3.80. The van der Waals surface area contributed by atoms with Gasteiger partial charge in [0.15, 0.2) is 5.76 Å². The summed E-state index contributed by atoms with van der Waals surface area (Å²) in [4.78, 5) is 24.3. The minimum Gasteiger partial charge on any atom is -0.459 e. The number of rotatable bonds is 7. The average molecular weight is 349 g/mol. The number of benzene rings is 1. The molecule has 1 aromatic heterocycles. The lowest BCUT2D eigenvalue weighted by Crippen LogP contribution is -2.18. The predicted octanol–water partition coefficient (Wildman–Crippen LogP) is 4.95. The number of carbonyl (C=O) groups is 2. The molecule has 0 saturated heterocycles. The van der Waals surface area contributed by atoms with Gasteiger partial charge < -0.3 is 15.1 Å². The van der Waals surface area contributed by atoms with Crippen molar-refractivity contribution in [2.45, 2.75) is 33.1 Å². The van der Waals surface area contributed by atoms with E-state index >= 15 is 0 Å². The number of hydrogen-bond acceptors (Lipinski definition) is 3. The van der Waals surface area contributed by atoms with Crippen molar-refractivity contribution in [3.63, 3.8) is 0 Å². The van der Waals surface area contributed by atoms with E-state index in [4.69, 9.17) is 16.0 Å². The Hall–Kier alpha value is -2.27. The summed E-state index contributed by atoms with van der Waals surface area (Å²) in [6.07, 6.45) is 3.89. The second kappa shape index (κ2) is 8.55. The fourth-order valence-electron chi connectivity index (χ4n) is 2.43. The van der Waals surface area contributed by atoms with Crippen LogP contribution in [-0.2, 0) is 4.79 Å². The number of anilines is 2. The van der Waals surface area contributed by atoms with Gasteiger partial charge in [0.05, 0.1) is 17.6 Å². The smallest absolute Gasteiger partial charge is 0.291 e. The summed E-state index contributed by atoms with van der Waals surface area (Å²) in [7, 11) is 0. The minimum atomic E-state index is -0.405. The topological polar surface area (TPSA) is 71.3 Å². The van der Waals surface area contributed by atoms with Crippen LogP contribution in [-0.4, -0.2) is 11.8 Å². The molecule has 1 unspecified atom stereocenters. The van der Waals surface area contributed by atoms with Crippen molar-refractivity contribution in [2.24, 2.45) is 5.92 Å². The van der Waals surface area contributed by atoms with Gasteiger partial charge in [-0.2, -0.15) is 0 Å². The molecule has 1 atom stereocenters. The molecule has 0 bridgehead atoms. The molecule has 0 saturated carbocycles. The largest absolute Gasteiger partial charge is 0.459 e. The van der Waals surface area contributed by atoms with E-state index in [-0.39, 0.29) is 11.7 Å². The standard InChI is InChI=1S/C18H21ClN2O3/c1-3-5-12(2)10-17(22)20-14-8-7-13(19)11-15(14)21-18(23)16-6-4-9-24-16/h4,6-9,11-12H,3,5,10H2,1-2H3,(H,20,22)(H,21,23). The average Bonchev–Trinajstić information content (AvgIpc) is 3.04. The first-order chi connectivity index (χ1) is 11.5. The summed E-state index contributed by atoms with van der Waals surface area (Å²) in [6, 6.07) is 8.11. The maximum absolute atomic E-state index is 12.2. The number of carbonyl (C=O) groups excluding carboxylic acids is 2. The van der Waals surface area contributed by atoms with E-state index in [1.807, 2.05) is 6.92 Å². The number of halogens is 1. The molecule has 128 valence electrons. The molecule has 0 spiro atoms. The molecule has 1 heterocycles. The molecule has 5 nitrogen and oxygen atoms in total. The lowest BCUT2D eigenvalue weighted by atomic mass is 10.0. The highest BCUT2D eigenvalue weighted by Gasteiger charge is 2.15. The summed E-state index contributed by atoms with van der Waals surface area (Å²) in [6.45, 7) is 4.14. The van der Waals surface area contributed by atoms with Crippen LogP contribution in [0.2, 0.25) is 5.02 Å². The van der Waals surface area contributed by atoms with Crippen molar-refractivity contribution >= 4 is 34.8 Å². The molecule has 6 heteroatoms. The molecule has 2 N–H and O–H groups in total. The highest BCUT2D eigenvalue weighted by atomic mass is 35.5. The first-order valence-corrected chi connectivity index (χ1v) is 8.31. The lowest BCUT2D eigenvalue weighted by molar-refractivity contribution is -0.117. The third kappa shape index (κ3) is 5.13. The van der Waals surface area contributed by atoms with Gasteiger partial charge in [0, 0.05) is 11.4 Å². The van der Waals surface area contributed by atoms with E-state index in [0.717, 1.165) is 12.8 Å². The highest BCUT2D eigenvalue weighted by Crippen LogP contribution is 2.27. The van der Waals surface area contributed by atoms with Gasteiger partial charge in [0.2, 0.25) is 5.91 Å². The van der Waals surface area contributed by atoms with Crippen molar-refractivity contribution in [3.8, 4) is 0 Å². The molecule has 0 aliphatic carbocycles. The zero-order valence-electron chi connectivity index (χ0n) is 13.8. The van der Waals surface area contributed by atoms with Gasteiger partial charge in [-0.25, -0.2) is 0 Å². The Bertz CT molecular complexity index is 698. The summed E-state index contributed by atoms with van der Waals surface area (Å²) < 4.78 is 5.07. The van der Waals surface area contributed by atoms with Crippen molar-refractivity contribution in [1.82, 2.24) is 0 Å². The Morgan fingerprint density at radius 3 is 2.67 bits per heavy atom. The second-order valence-corrected chi connectivity index (χ2v) is 6.20. The van der Waals surface area contributed by atoms with Gasteiger partial charge >= 0.3 is 0 Å². The van der Waals surface area contributed by atoms with Crippen molar-refractivity contribution < 1.29 is 14.0 Å². The molecule has 2 aromatic rings. The number of hydrogen-bond donors (Lipinski definition) is 2. The van der Waals surface area contributed by atoms with Gasteiger partial charge in [0.25, 0.3) is 5.91 Å². The molecule has 0 fully saturated rings. The van der Waals surface area contributed by atoms with Crippen molar-refractivity contribution in [2.75, 3.05) is 10.6 Å². The Labute approximate surface area is 146 Å².